The summed E-state index contributed by atoms with van der Waals surface area (Å²) >= 11 is 0. The van der Waals surface area contributed by atoms with Gasteiger partial charge in [0.15, 0.2) is 0 Å². The lowest BCUT2D eigenvalue weighted by Gasteiger charge is -2.27. The Kier molecular flexibility index (Phi) is 9.69. The first kappa shape index (κ1) is 26.1. The van der Waals surface area contributed by atoms with E-state index in [9.17, 15) is 5.11 Å². The normalized spacial score (nSPS) is 16.4. The van der Waals surface area contributed by atoms with Crippen molar-refractivity contribution in [1.82, 2.24) is 14.7 Å². The van der Waals surface area contributed by atoms with Gasteiger partial charge in [-0.25, -0.2) is 4.68 Å². The van der Waals surface area contributed by atoms with Crippen LogP contribution in [0.5, 0.6) is 11.6 Å². The molecule has 1 aliphatic rings. The van der Waals surface area contributed by atoms with Crippen LogP contribution < -0.4 is 4.74 Å². The molecule has 192 valence electrons. The van der Waals surface area contributed by atoms with E-state index < -0.39 is 6.10 Å². The minimum absolute atomic E-state index is 0.152. The van der Waals surface area contributed by atoms with Crippen LogP contribution in [0.25, 0.3) is 5.69 Å². The minimum atomic E-state index is -0.626. The molecule has 2 atom stereocenters. The van der Waals surface area contributed by atoms with E-state index in [0.29, 0.717) is 25.6 Å². The largest absolute Gasteiger partial charge is 0.439 e. The number of aliphatic hydroxyl groups excluding tert-OH is 1. The zero-order valence-electron chi connectivity index (χ0n) is 21.1. The third-order valence-electron chi connectivity index (χ3n) is 6.20. The number of hydrogen-bond acceptors (Lipinski definition) is 6. The summed E-state index contributed by atoms with van der Waals surface area (Å²) in [5.41, 5.74) is 2.93. The third-order valence-corrected chi connectivity index (χ3v) is 6.20. The second-order valence-electron chi connectivity index (χ2n) is 9.06. The van der Waals surface area contributed by atoms with Crippen molar-refractivity contribution in [3.05, 3.63) is 84.6 Å². The Morgan fingerprint density at radius 2 is 1.94 bits per heavy atom. The van der Waals surface area contributed by atoms with E-state index in [1.807, 2.05) is 65.3 Å². The summed E-state index contributed by atoms with van der Waals surface area (Å²) in [7, 11) is 0. The van der Waals surface area contributed by atoms with Gasteiger partial charge in [0.25, 0.3) is 0 Å². The molecule has 1 saturated heterocycles. The van der Waals surface area contributed by atoms with Crippen LogP contribution in [0.15, 0.2) is 73.3 Å². The monoisotopic (exact) mass is 491 g/mol. The van der Waals surface area contributed by atoms with E-state index in [2.05, 4.69) is 18.4 Å². The van der Waals surface area contributed by atoms with Gasteiger partial charge in [0, 0.05) is 26.2 Å². The van der Waals surface area contributed by atoms with E-state index in [1.54, 1.807) is 6.08 Å². The van der Waals surface area contributed by atoms with Crippen molar-refractivity contribution >= 4 is 0 Å². The van der Waals surface area contributed by atoms with E-state index in [-0.39, 0.29) is 12.7 Å². The molecule has 1 fully saturated rings. The molecule has 1 N–H and O–H groups in total. The fourth-order valence-electron chi connectivity index (χ4n) is 4.51. The summed E-state index contributed by atoms with van der Waals surface area (Å²) in [6, 6.07) is 19.8. The molecule has 7 nitrogen and oxygen atoms in total. The molecular weight excluding hydrogens is 454 g/mol. The fraction of sp³-hybridized carbons (Fsp3) is 0.414. The summed E-state index contributed by atoms with van der Waals surface area (Å²) in [5.74, 6) is 1.45. The minimum Gasteiger partial charge on any atom is -0.439 e. The van der Waals surface area contributed by atoms with Gasteiger partial charge in [0.2, 0.25) is 5.88 Å². The number of hydrogen-bond donors (Lipinski definition) is 1. The molecule has 3 aromatic rings. The topological polar surface area (TPSA) is 69.0 Å². The highest BCUT2D eigenvalue weighted by Gasteiger charge is 2.26. The number of benzene rings is 2. The van der Waals surface area contributed by atoms with Crippen molar-refractivity contribution in [2.24, 2.45) is 0 Å². The number of rotatable bonds is 14. The van der Waals surface area contributed by atoms with Gasteiger partial charge >= 0.3 is 0 Å². The highest BCUT2D eigenvalue weighted by molar-refractivity contribution is 5.43. The van der Waals surface area contributed by atoms with Gasteiger partial charge in [0.05, 0.1) is 42.4 Å². The van der Waals surface area contributed by atoms with Crippen LogP contribution >= 0.6 is 0 Å². The van der Waals surface area contributed by atoms with Gasteiger partial charge in [-0.15, -0.1) is 6.58 Å². The van der Waals surface area contributed by atoms with E-state index >= 15 is 0 Å². The molecule has 4 rings (SSSR count). The summed E-state index contributed by atoms with van der Waals surface area (Å²) in [6.45, 7) is 9.01. The van der Waals surface area contributed by atoms with E-state index in [4.69, 9.17) is 19.3 Å². The van der Waals surface area contributed by atoms with Crippen LogP contribution in [0, 0.1) is 0 Å². The fourth-order valence-corrected chi connectivity index (χ4v) is 4.51. The number of aryl methyl sites for hydroxylation is 1. The molecule has 0 saturated carbocycles. The van der Waals surface area contributed by atoms with Crippen molar-refractivity contribution < 1.29 is 19.3 Å². The van der Waals surface area contributed by atoms with E-state index in [1.165, 1.54) is 0 Å². The first-order valence-electron chi connectivity index (χ1n) is 12.8. The zero-order chi connectivity index (χ0) is 25.2. The van der Waals surface area contributed by atoms with Crippen LogP contribution in [0.1, 0.15) is 31.0 Å². The standard InChI is InChI=1S/C29H37N3O4/c1-3-17-34-22-24(33)19-31(20-26-16-11-18-35-26)21-27-28(4-2)30-32(23-12-7-5-8-13-23)29(27)36-25-14-9-6-10-15-25/h3,5-10,12-15,24,26,33H,1,4,11,16-22H2,2H3/t24-,26+/m0/s1. The van der Waals surface area contributed by atoms with Crippen LogP contribution in [-0.2, 0) is 22.4 Å². The highest BCUT2D eigenvalue weighted by atomic mass is 16.5. The Morgan fingerprint density at radius 1 is 1.19 bits per heavy atom. The first-order valence-corrected chi connectivity index (χ1v) is 12.8. The molecule has 2 aromatic carbocycles. The highest BCUT2D eigenvalue weighted by Crippen LogP contribution is 2.32. The number of para-hydroxylation sites is 2. The molecule has 2 heterocycles. The van der Waals surface area contributed by atoms with Crippen molar-refractivity contribution in [3.8, 4) is 17.3 Å². The molecular formula is C29H37N3O4. The van der Waals surface area contributed by atoms with Crippen molar-refractivity contribution in [2.75, 3.05) is 32.9 Å². The predicted octanol–water partition coefficient (Wildman–Crippen LogP) is 4.77. The smallest absolute Gasteiger partial charge is 0.227 e. The Morgan fingerprint density at radius 3 is 2.61 bits per heavy atom. The summed E-state index contributed by atoms with van der Waals surface area (Å²) in [4.78, 5) is 2.24. The van der Waals surface area contributed by atoms with Crippen LogP contribution in [0.4, 0.5) is 0 Å². The molecule has 0 unspecified atom stereocenters. The van der Waals surface area contributed by atoms with Gasteiger partial charge in [-0.1, -0.05) is 49.4 Å². The van der Waals surface area contributed by atoms with Gasteiger partial charge < -0.3 is 19.3 Å². The summed E-state index contributed by atoms with van der Waals surface area (Å²) in [6.07, 6.45) is 4.07. The quantitative estimate of drug-likeness (QED) is 0.259. The Hall–Kier alpha value is -2.97. The predicted molar refractivity (Wildman–Crippen MR) is 141 cm³/mol. The van der Waals surface area contributed by atoms with E-state index in [0.717, 1.165) is 55.1 Å². The number of aliphatic hydroxyl groups is 1. The third kappa shape index (κ3) is 7.04. The maximum absolute atomic E-state index is 10.7. The first-order chi connectivity index (χ1) is 17.7. The van der Waals surface area contributed by atoms with Crippen molar-refractivity contribution in [2.45, 2.75) is 44.9 Å². The van der Waals surface area contributed by atoms with Gasteiger partial charge in [0.1, 0.15) is 5.75 Å². The maximum Gasteiger partial charge on any atom is 0.227 e. The van der Waals surface area contributed by atoms with Crippen molar-refractivity contribution in [1.29, 1.82) is 0 Å². The molecule has 0 radical (unpaired) electrons. The van der Waals surface area contributed by atoms with Crippen LogP contribution in [0.2, 0.25) is 0 Å². The Bertz CT molecular complexity index is 1060. The SMILES string of the molecule is C=CCOC[C@@H](O)CN(Cc1c(CC)nn(-c2ccccc2)c1Oc1ccccc1)C[C@H]1CCCO1. The average molecular weight is 492 g/mol. The lowest BCUT2D eigenvalue weighted by atomic mass is 10.1. The molecule has 1 aliphatic heterocycles. The van der Waals surface area contributed by atoms with Crippen LogP contribution in [-0.4, -0.2) is 64.9 Å². The Balaban J connectivity index is 1.66. The van der Waals surface area contributed by atoms with Crippen molar-refractivity contribution in [3.63, 3.8) is 0 Å². The second-order valence-corrected chi connectivity index (χ2v) is 9.06. The zero-order valence-corrected chi connectivity index (χ0v) is 21.1. The molecule has 0 aliphatic carbocycles. The van der Waals surface area contributed by atoms with Gasteiger partial charge in [-0.2, -0.15) is 5.10 Å². The van der Waals surface area contributed by atoms with Gasteiger partial charge in [-0.05, 0) is 43.5 Å². The lowest BCUT2D eigenvalue weighted by Crippen LogP contribution is -2.39. The average Bonchev–Trinajstić information content (AvgIpc) is 3.53. The molecule has 7 heteroatoms. The second kappa shape index (κ2) is 13.4. The molecule has 0 bridgehead atoms. The Labute approximate surface area is 213 Å². The molecule has 0 spiro atoms. The lowest BCUT2D eigenvalue weighted by molar-refractivity contribution is 0.00835. The van der Waals surface area contributed by atoms with Gasteiger partial charge in [-0.3, -0.25) is 4.90 Å². The molecule has 1 aromatic heterocycles. The maximum atomic E-state index is 10.7. The number of nitrogens with zero attached hydrogens (tertiary/aromatic N) is 3. The summed E-state index contributed by atoms with van der Waals surface area (Å²) < 4.78 is 19.8. The summed E-state index contributed by atoms with van der Waals surface area (Å²) in [5, 5.41) is 15.7. The number of aromatic nitrogens is 2. The molecule has 36 heavy (non-hydrogen) atoms. The number of ether oxygens (including phenoxy) is 3. The molecule has 0 amide bonds. The van der Waals surface area contributed by atoms with Crippen LogP contribution in [0.3, 0.4) is 0 Å².